The Bertz CT molecular complexity index is 915. The minimum atomic E-state index is 0.0304. The van der Waals surface area contributed by atoms with Gasteiger partial charge in [-0.05, 0) is 31.4 Å². The third kappa shape index (κ3) is 3.95. The van der Waals surface area contributed by atoms with Crippen LogP contribution in [0.1, 0.15) is 53.1 Å². The first-order chi connectivity index (χ1) is 14.1. The van der Waals surface area contributed by atoms with Gasteiger partial charge in [0.25, 0.3) is 5.91 Å². The van der Waals surface area contributed by atoms with Crippen LogP contribution < -0.4 is 5.32 Å². The van der Waals surface area contributed by atoms with Crippen LogP contribution in [0.3, 0.4) is 0 Å². The Balaban J connectivity index is 1.60. The number of hydrogen-bond acceptors (Lipinski definition) is 5. The number of likely N-dealkylation sites (tertiary alicyclic amines) is 1. The van der Waals surface area contributed by atoms with E-state index in [1.807, 2.05) is 47.2 Å². The number of hydrogen-bond donors (Lipinski definition) is 1. The van der Waals surface area contributed by atoms with Gasteiger partial charge in [0.15, 0.2) is 0 Å². The molecule has 1 N–H and O–H groups in total. The number of rotatable bonds is 3. The SMILES string of the molecule is CNc1nc(C2CCCN(C(C)=O)C2)nc2c1CCN(C(=O)c1ccccc1)C2. The molecular formula is C22H27N5O2. The minimum Gasteiger partial charge on any atom is -0.373 e. The van der Waals surface area contributed by atoms with E-state index >= 15 is 0 Å². The molecule has 2 amide bonds. The van der Waals surface area contributed by atoms with Crippen LogP contribution >= 0.6 is 0 Å². The van der Waals surface area contributed by atoms with Crippen LogP contribution in [0.25, 0.3) is 0 Å². The average molecular weight is 393 g/mol. The van der Waals surface area contributed by atoms with Crippen LogP contribution in [0.15, 0.2) is 30.3 Å². The van der Waals surface area contributed by atoms with Crippen LogP contribution in [-0.2, 0) is 17.8 Å². The molecule has 1 atom stereocenters. The van der Waals surface area contributed by atoms with E-state index in [0.29, 0.717) is 25.2 Å². The van der Waals surface area contributed by atoms with E-state index in [1.54, 1.807) is 6.92 Å². The summed E-state index contributed by atoms with van der Waals surface area (Å²) in [5.74, 6) is 1.87. The molecule has 0 spiro atoms. The molecule has 0 bridgehead atoms. The maximum absolute atomic E-state index is 12.9. The Kier molecular flexibility index (Phi) is 5.47. The summed E-state index contributed by atoms with van der Waals surface area (Å²) in [7, 11) is 1.87. The molecule has 1 aromatic carbocycles. The van der Waals surface area contributed by atoms with E-state index in [1.165, 1.54) is 0 Å². The van der Waals surface area contributed by atoms with Gasteiger partial charge < -0.3 is 15.1 Å². The van der Waals surface area contributed by atoms with Gasteiger partial charge in [0, 0.05) is 50.7 Å². The molecule has 1 fully saturated rings. The normalized spacial score (nSPS) is 18.9. The molecule has 1 aromatic heterocycles. The van der Waals surface area contributed by atoms with Crippen LogP contribution in [0.5, 0.6) is 0 Å². The molecule has 1 saturated heterocycles. The third-order valence-corrected chi connectivity index (χ3v) is 5.86. The number of nitrogens with zero attached hydrogens (tertiary/aromatic N) is 4. The largest absolute Gasteiger partial charge is 0.373 e. The van der Waals surface area contributed by atoms with Gasteiger partial charge in [-0.15, -0.1) is 0 Å². The van der Waals surface area contributed by atoms with Gasteiger partial charge in [-0.2, -0.15) is 0 Å². The fraction of sp³-hybridized carbons (Fsp3) is 0.455. The monoisotopic (exact) mass is 393 g/mol. The molecule has 3 heterocycles. The number of carbonyl (C=O) groups is 2. The first-order valence-electron chi connectivity index (χ1n) is 10.2. The van der Waals surface area contributed by atoms with E-state index in [2.05, 4.69) is 5.32 Å². The van der Waals surface area contributed by atoms with Crippen LogP contribution in [0.4, 0.5) is 5.82 Å². The Labute approximate surface area is 171 Å². The van der Waals surface area contributed by atoms with Crippen molar-refractivity contribution in [2.24, 2.45) is 0 Å². The summed E-state index contributed by atoms with van der Waals surface area (Å²) in [5.41, 5.74) is 2.70. The van der Waals surface area contributed by atoms with Gasteiger partial charge in [0.05, 0.1) is 12.2 Å². The zero-order valence-electron chi connectivity index (χ0n) is 17.0. The van der Waals surface area contributed by atoms with E-state index in [9.17, 15) is 9.59 Å². The van der Waals surface area contributed by atoms with Gasteiger partial charge in [0.1, 0.15) is 11.6 Å². The highest BCUT2D eigenvalue weighted by atomic mass is 16.2. The molecule has 0 aliphatic carbocycles. The zero-order valence-corrected chi connectivity index (χ0v) is 17.0. The average Bonchev–Trinajstić information content (AvgIpc) is 2.78. The summed E-state index contributed by atoms with van der Waals surface area (Å²) in [5, 5.41) is 3.21. The summed E-state index contributed by atoms with van der Waals surface area (Å²) in [6.45, 7) is 4.21. The number of fused-ring (bicyclic) bond motifs is 1. The molecular weight excluding hydrogens is 366 g/mol. The fourth-order valence-corrected chi connectivity index (χ4v) is 4.25. The second kappa shape index (κ2) is 8.19. The van der Waals surface area contributed by atoms with Crippen molar-refractivity contribution >= 4 is 17.6 Å². The first-order valence-corrected chi connectivity index (χ1v) is 10.2. The minimum absolute atomic E-state index is 0.0304. The van der Waals surface area contributed by atoms with Crippen molar-refractivity contribution < 1.29 is 9.59 Å². The van der Waals surface area contributed by atoms with Gasteiger partial charge >= 0.3 is 0 Å². The molecule has 1 unspecified atom stereocenters. The van der Waals surface area contributed by atoms with Crippen molar-refractivity contribution in [3.8, 4) is 0 Å². The molecule has 2 aromatic rings. The van der Waals surface area contributed by atoms with Crippen molar-refractivity contribution in [3.05, 3.63) is 53.0 Å². The summed E-state index contributed by atoms with van der Waals surface area (Å²) in [6.07, 6.45) is 2.66. The fourth-order valence-electron chi connectivity index (χ4n) is 4.25. The number of amides is 2. The Morgan fingerprint density at radius 1 is 1.10 bits per heavy atom. The van der Waals surface area contributed by atoms with Crippen LogP contribution in [0, 0.1) is 0 Å². The van der Waals surface area contributed by atoms with E-state index in [4.69, 9.17) is 9.97 Å². The number of aromatic nitrogens is 2. The molecule has 4 rings (SSSR count). The van der Waals surface area contributed by atoms with E-state index < -0.39 is 0 Å². The van der Waals surface area contributed by atoms with Gasteiger partial charge in [-0.3, -0.25) is 9.59 Å². The number of benzene rings is 1. The van der Waals surface area contributed by atoms with Crippen molar-refractivity contribution in [1.29, 1.82) is 0 Å². The molecule has 7 nitrogen and oxygen atoms in total. The maximum atomic E-state index is 12.9. The summed E-state index contributed by atoms with van der Waals surface area (Å²) in [4.78, 5) is 38.1. The van der Waals surface area contributed by atoms with Crippen LogP contribution in [-0.4, -0.2) is 58.3 Å². The Morgan fingerprint density at radius 3 is 2.62 bits per heavy atom. The molecule has 7 heteroatoms. The smallest absolute Gasteiger partial charge is 0.254 e. The Morgan fingerprint density at radius 2 is 1.90 bits per heavy atom. The van der Waals surface area contributed by atoms with Crippen LogP contribution in [0.2, 0.25) is 0 Å². The number of nitrogens with one attached hydrogen (secondary N) is 1. The second-order valence-electron chi connectivity index (χ2n) is 7.75. The predicted octanol–water partition coefficient (Wildman–Crippen LogP) is 2.44. The highest BCUT2D eigenvalue weighted by molar-refractivity contribution is 5.94. The predicted molar refractivity (Wildman–Crippen MR) is 111 cm³/mol. The van der Waals surface area contributed by atoms with Crippen molar-refractivity contribution in [2.45, 2.75) is 38.6 Å². The number of anilines is 1. The molecule has 0 saturated carbocycles. The quantitative estimate of drug-likeness (QED) is 0.867. The molecule has 152 valence electrons. The lowest BCUT2D eigenvalue weighted by atomic mass is 9.96. The standard InChI is InChI=1S/C22H27N5O2/c1-15(28)26-11-6-9-17(13-26)20-24-19-14-27(12-10-18(19)21(23-2)25-20)22(29)16-7-4-3-5-8-16/h3-5,7-8,17H,6,9-14H2,1-2H3,(H,23,24,25). The summed E-state index contributed by atoms with van der Waals surface area (Å²) < 4.78 is 0. The zero-order chi connectivity index (χ0) is 20.4. The highest BCUT2D eigenvalue weighted by Gasteiger charge is 2.29. The third-order valence-electron chi connectivity index (χ3n) is 5.86. The van der Waals surface area contributed by atoms with Gasteiger partial charge in [-0.25, -0.2) is 9.97 Å². The Hall–Kier alpha value is -2.96. The molecule has 2 aliphatic heterocycles. The van der Waals surface area contributed by atoms with Gasteiger partial charge in [-0.1, -0.05) is 18.2 Å². The van der Waals surface area contributed by atoms with Crippen molar-refractivity contribution in [3.63, 3.8) is 0 Å². The molecule has 2 aliphatic rings. The maximum Gasteiger partial charge on any atom is 0.254 e. The van der Waals surface area contributed by atoms with Gasteiger partial charge in [0.2, 0.25) is 5.91 Å². The lowest BCUT2D eigenvalue weighted by Gasteiger charge is -2.33. The topological polar surface area (TPSA) is 78.4 Å². The second-order valence-corrected chi connectivity index (χ2v) is 7.75. The van der Waals surface area contributed by atoms with Crippen molar-refractivity contribution in [1.82, 2.24) is 19.8 Å². The van der Waals surface area contributed by atoms with E-state index in [-0.39, 0.29) is 17.7 Å². The highest BCUT2D eigenvalue weighted by Crippen LogP contribution is 2.30. The summed E-state index contributed by atoms with van der Waals surface area (Å²) >= 11 is 0. The van der Waals surface area contributed by atoms with Crippen molar-refractivity contribution in [2.75, 3.05) is 32.0 Å². The molecule has 29 heavy (non-hydrogen) atoms. The van der Waals surface area contributed by atoms with E-state index in [0.717, 1.165) is 48.7 Å². The summed E-state index contributed by atoms with van der Waals surface area (Å²) in [6, 6.07) is 9.37. The number of carbonyl (C=O) groups excluding carboxylic acids is 2. The lowest BCUT2D eigenvalue weighted by molar-refractivity contribution is -0.130. The lowest BCUT2D eigenvalue weighted by Crippen LogP contribution is -2.39. The number of piperidine rings is 1. The first kappa shape index (κ1) is 19.4. The molecule has 0 radical (unpaired) electrons.